The van der Waals surface area contributed by atoms with E-state index >= 15 is 0 Å². The van der Waals surface area contributed by atoms with E-state index in [1.165, 1.54) is 6.07 Å². The maximum Gasteiger partial charge on any atom is 0.169 e. The van der Waals surface area contributed by atoms with Crippen molar-refractivity contribution in [3.05, 3.63) is 60.1 Å². The number of nitrogens with two attached hydrogens (primary N) is 1. The molecule has 0 aliphatic heterocycles. The summed E-state index contributed by atoms with van der Waals surface area (Å²) < 4.78 is 19.0. The van der Waals surface area contributed by atoms with Crippen LogP contribution in [0.3, 0.4) is 0 Å². The molecule has 0 aliphatic carbocycles. The SMILES string of the molecule is NC(c1cnccn1)c1cc2cccc(F)c2o1. The van der Waals surface area contributed by atoms with Gasteiger partial charge in [0.1, 0.15) is 11.8 Å². The number of furan rings is 1. The van der Waals surface area contributed by atoms with E-state index in [-0.39, 0.29) is 5.58 Å². The molecule has 0 fully saturated rings. The maximum atomic E-state index is 13.5. The Morgan fingerprint density at radius 2 is 2.17 bits per heavy atom. The molecule has 0 radical (unpaired) electrons. The molecule has 2 heterocycles. The van der Waals surface area contributed by atoms with Gasteiger partial charge in [-0.15, -0.1) is 0 Å². The van der Waals surface area contributed by atoms with Crippen LogP contribution in [0, 0.1) is 5.82 Å². The molecule has 3 aromatic rings. The number of halogens is 1. The van der Waals surface area contributed by atoms with Crippen LogP contribution < -0.4 is 5.73 Å². The largest absolute Gasteiger partial charge is 0.456 e. The number of benzene rings is 1. The van der Waals surface area contributed by atoms with Gasteiger partial charge in [0.05, 0.1) is 11.9 Å². The van der Waals surface area contributed by atoms with Crippen LogP contribution >= 0.6 is 0 Å². The van der Waals surface area contributed by atoms with Gasteiger partial charge in [-0.1, -0.05) is 12.1 Å². The van der Waals surface area contributed by atoms with Crippen molar-refractivity contribution < 1.29 is 8.81 Å². The summed E-state index contributed by atoms with van der Waals surface area (Å²) in [5, 5.41) is 0.685. The second-order valence-electron chi connectivity index (χ2n) is 3.91. The smallest absolute Gasteiger partial charge is 0.169 e. The summed E-state index contributed by atoms with van der Waals surface area (Å²) in [7, 11) is 0. The second-order valence-corrected chi connectivity index (χ2v) is 3.91. The van der Waals surface area contributed by atoms with Gasteiger partial charge in [-0.25, -0.2) is 4.39 Å². The van der Waals surface area contributed by atoms with E-state index in [1.54, 1.807) is 36.8 Å². The predicted molar refractivity (Wildman–Crippen MR) is 64.2 cm³/mol. The zero-order chi connectivity index (χ0) is 12.5. The minimum Gasteiger partial charge on any atom is -0.456 e. The van der Waals surface area contributed by atoms with E-state index in [2.05, 4.69) is 9.97 Å². The van der Waals surface area contributed by atoms with Crippen LogP contribution in [0.1, 0.15) is 17.5 Å². The number of hydrogen-bond acceptors (Lipinski definition) is 4. The molecular formula is C13H10FN3O. The molecule has 18 heavy (non-hydrogen) atoms. The van der Waals surface area contributed by atoms with Crippen molar-refractivity contribution in [2.45, 2.75) is 6.04 Å². The molecule has 0 bridgehead atoms. The Balaban J connectivity index is 2.07. The van der Waals surface area contributed by atoms with Crippen LogP contribution in [0.2, 0.25) is 0 Å². The van der Waals surface area contributed by atoms with E-state index < -0.39 is 11.9 Å². The number of rotatable bonds is 2. The predicted octanol–water partition coefficient (Wildman–Crippen LogP) is 2.41. The van der Waals surface area contributed by atoms with E-state index in [0.717, 1.165) is 0 Å². The van der Waals surface area contributed by atoms with Crippen LogP contribution in [-0.2, 0) is 0 Å². The molecule has 5 heteroatoms. The first-order chi connectivity index (χ1) is 8.75. The number of para-hydroxylation sites is 1. The first kappa shape index (κ1) is 10.9. The average molecular weight is 243 g/mol. The molecule has 0 aliphatic rings. The van der Waals surface area contributed by atoms with Gasteiger partial charge in [-0.2, -0.15) is 0 Å². The summed E-state index contributed by atoms with van der Waals surface area (Å²) >= 11 is 0. The molecule has 0 saturated carbocycles. The van der Waals surface area contributed by atoms with Crippen LogP contribution in [0.4, 0.5) is 4.39 Å². The van der Waals surface area contributed by atoms with Crippen LogP contribution in [0.15, 0.2) is 47.3 Å². The summed E-state index contributed by atoms with van der Waals surface area (Å²) in [6.07, 6.45) is 4.68. The van der Waals surface area contributed by atoms with E-state index in [0.29, 0.717) is 16.8 Å². The Kier molecular flexibility index (Phi) is 2.53. The maximum absolute atomic E-state index is 13.5. The highest BCUT2D eigenvalue weighted by molar-refractivity contribution is 5.78. The number of fused-ring (bicyclic) bond motifs is 1. The zero-order valence-corrected chi connectivity index (χ0v) is 9.38. The van der Waals surface area contributed by atoms with Gasteiger partial charge >= 0.3 is 0 Å². The van der Waals surface area contributed by atoms with Crippen molar-refractivity contribution in [1.29, 1.82) is 0 Å². The minimum atomic E-state index is -0.550. The molecule has 2 aromatic heterocycles. The third-order valence-electron chi connectivity index (χ3n) is 2.72. The normalized spacial score (nSPS) is 12.8. The molecule has 0 saturated heterocycles. The van der Waals surface area contributed by atoms with Crippen LogP contribution in [-0.4, -0.2) is 9.97 Å². The van der Waals surface area contributed by atoms with Gasteiger partial charge in [0.25, 0.3) is 0 Å². The first-order valence-corrected chi connectivity index (χ1v) is 5.45. The summed E-state index contributed by atoms with van der Waals surface area (Å²) in [6, 6.07) is 5.92. The van der Waals surface area contributed by atoms with Gasteiger partial charge in [0.15, 0.2) is 11.4 Å². The van der Waals surface area contributed by atoms with E-state index in [4.69, 9.17) is 10.2 Å². The van der Waals surface area contributed by atoms with Gasteiger partial charge in [-0.3, -0.25) is 9.97 Å². The van der Waals surface area contributed by atoms with E-state index in [1.807, 2.05) is 0 Å². The fourth-order valence-corrected chi connectivity index (χ4v) is 1.82. The molecule has 1 aromatic carbocycles. The molecule has 4 nitrogen and oxygen atoms in total. The lowest BCUT2D eigenvalue weighted by Gasteiger charge is -2.06. The molecule has 1 unspecified atom stereocenters. The van der Waals surface area contributed by atoms with Gasteiger partial charge in [0, 0.05) is 17.8 Å². The summed E-state index contributed by atoms with van der Waals surface area (Å²) in [5.74, 6) is 0.0701. The van der Waals surface area contributed by atoms with Crippen molar-refractivity contribution >= 4 is 11.0 Å². The van der Waals surface area contributed by atoms with Crippen molar-refractivity contribution in [1.82, 2.24) is 9.97 Å². The Morgan fingerprint density at radius 3 is 2.89 bits per heavy atom. The van der Waals surface area contributed by atoms with Gasteiger partial charge in [0.2, 0.25) is 0 Å². The lowest BCUT2D eigenvalue weighted by molar-refractivity contribution is 0.498. The van der Waals surface area contributed by atoms with Gasteiger partial charge < -0.3 is 10.2 Å². The topological polar surface area (TPSA) is 64.9 Å². The van der Waals surface area contributed by atoms with Crippen LogP contribution in [0.5, 0.6) is 0 Å². The highest BCUT2D eigenvalue weighted by Gasteiger charge is 2.16. The summed E-state index contributed by atoms with van der Waals surface area (Å²) in [6.45, 7) is 0. The number of aromatic nitrogens is 2. The van der Waals surface area contributed by atoms with Crippen molar-refractivity contribution in [2.24, 2.45) is 5.73 Å². The number of hydrogen-bond donors (Lipinski definition) is 1. The standard InChI is InChI=1S/C13H10FN3O/c14-9-3-1-2-8-6-11(18-13(8)9)12(15)10-7-16-4-5-17-10/h1-7,12H,15H2. The highest BCUT2D eigenvalue weighted by atomic mass is 19.1. The zero-order valence-electron chi connectivity index (χ0n) is 9.38. The highest BCUT2D eigenvalue weighted by Crippen LogP contribution is 2.27. The molecule has 0 spiro atoms. The van der Waals surface area contributed by atoms with Crippen molar-refractivity contribution in [3.8, 4) is 0 Å². The Hall–Kier alpha value is -2.27. The molecule has 90 valence electrons. The summed E-state index contributed by atoms with van der Waals surface area (Å²) in [4.78, 5) is 8.05. The van der Waals surface area contributed by atoms with Crippen molar-refractivity contribution in [3.63, 3.8) is 0 Å². The van der Waals surface area contributed by atoms with Gasteiger partial charge in [-0.05, 0) is 12.1 Å². The number of nitrogens with zero attached hydrogens (tertiary/aromatic N) is 2. The first-order valence-electron chi connectivity index (χ1n) is 5.45. The quantitative estimate of drug-likeness (QED) is 0.750. The molecular weight excluding hydrogens is 233 g/mol. The fourth-order valence-electron chi connectivity index (χ4n) is 1.82. The molecule has 2 N–H and O–H groups in total. The lowest BCUT2D eigenvalue weighted by Crippen LogP contribution is -2.12. The van der Waals surface area contributed by atoms with Crippen LogP contribution in [0.25, 0.3) is 11.0 Å². The molecule has 3 rings (SSSR count). The third-order valence-corrected chi connectivity index (χ3v) is 2.72. The Morgan fingerprint density at radius 1 is 1.28 bits per heavy atom. The second kappa shape index (κ2) is 4.19. The fraction of sp³-hybridized carbons (Fsp3) is 0.0769. The summed E-state index contributed by atoms with van der Waals surface area (Å²) in [5.41, 5.74) is 6.81. The Labute approximate surface area is 102 Å². The molecule has 1 atom stereocenters. The van der Waals surface area contributed by atoms with Crippen molar-refractivity contribution in [2.75, 3.05) is 0 Å². The third kappa shape index (κ3) is 1.74. The molecule has 0 amide bonds. The van der Waals surface area contributed by atoms with E-state index in [9.17, 15) is 4.39 Å². The minimum absolute atomic E-state index is 0.215. The average Bonchev–Trinajstić information content (AvgIpc) is 2.84. The lowest BCUT2D eigenvalue weighted by atomic mass is 10.1. The monoisotopic (exact) mass is 243 g/mol. The Bertz CT molecular complexity index is 681.